The van der Waals surface area contributed by atoms with Gasteiger partial charge >= 0.3 is 0 Å². The molecule has 3 rings (SSSR count). The lowest BCUT2D eigenvalue weighted by Gasteiger charge is -2.16. The number of nitrogens with one attached hydrogen (secondary N) is 2. The molecule has 6 heteroatoms. The first kappa shape index (κ1) is 13.5. The lowest BCUT2D eigenvalue weighted by molar-refractivity contribution is 0.477. The van der Waals surface area contributed by atoms with E-state index >= 15 is 0 Å². The summed E-state index contributed by atoms with van der Waals surface area (Å²) < 4.78 is 1.88. The zero-order valence-electron chi connectivity index (χ0n) is 12.1. The maximum absolute atomic E-state index is 4.42. The molecule has 1 aromatic carbocycles. The molecule has 0 fully saturated rings. The van der Waals surface area contributed by atoms with Gasteiger partial charge in [-0.05, 0) is 26.0 Å². The van der Waals surface area contributed by atoms with Crippen molar-refractivity contribution in [2.75, 3.05) is 0 Å². The number of aromatic amines is 1. The van der Waals surface area contributed by atoms with Crippen LogP contribution in [0.4, 0.5) is 0 Å². The number of aromatic nitrogens is 5. The van der Waals surface area contributed by atoms with Gasteiger partial charge < -0.3 is 5.32 Å². The molecule has 0 aliphatic carbocycles. The van der Waals surface area contributed by atoms with E-state index in [1.54, 1.807) is 0 Å². The monoisotopic (exact) mass is 282 g/mol. The molecule has 0 saturated carbocycles. The molecular weight excluding hydrogens is 264 g/mol. The summed E-state index contributed by atoms with van der Waals surface area (Å²) in [4.78, 5) is 4.17. The summed E-state index contributed by atoms with van der Waals surface area (Å²) in [6, 6.07) is 10.3. The Kier molecular flexibility index (Phi) is 3.79. The third-order valence-electron chi connectivity index (χ3n) is 3.47. The van der Waals surface area contributed by atoms with E-state index in [2.05, 4.69) is 39.4 Å². The molecule has 108 valence electrons. The molecule has 0 radical (unpaired) electrons. The van der Waals surface area contributed by atoms with Crippen LogP contribution in [0.3, 0.4) is 0 Å². The third kappa shape index (κ3) is 3.00. The van der Waals surface area contributed by atoms with E-state index in [1.165, 1.54) is 6.33 Å². The Balaban J connectivity index is 1.71. The van der Waals surface area contributed by atoms with Crippen molar-refractivity contribution >= 4 is 0 Å². The minimum Gasteiger partial charge on any atom is -0.301 e. The van der Waals surface area contributed by atoms with Crippen LogP contribution < -0.4 is 5.32 Å². The summed E-state index contributed by atoms with van der Waals surface area (Å²) in [5.74, 6) is 0.831. The number of H-pyrrole nitrogens is 1. The number of nitrogens with zero attached hydrogens (tertiary/aromatic N) is 4. The van der Waals surface area contributed by atoms with Gasteiger partial charge in [0.05, 0.1) is 17.9 Å². The Hall–Kier alpha value is -2.47. The van der Waals surface area contributed by atoms with E-state index in [1.807, 2.05) is 47.4 Å². The number of rotatable bonds is 5. The molecule has 2 aromatic heterocycles. The quantitative estimate of drug-likeness (QED) is 0.754. The Morgan fingerprint density at radius 2 is 1.95 bits per heavy atom. The van der Waals surface area contributed by atoms with Crippen molar-refractivity contribution in [3.63, 3.8) is 0 Å². The highest BCUT2D eigenvalue weighted by Crippen LogP contribution is 2.18. The molecule has 2 N–H and O–H groups in total. The minimum absolute atomic E-state index is 0.0996. The largest absolute Gasteiger partial charge is 0.301 e. The van der Waals surface area contributed by atoms with Crippen LogP contribution in [-0.2, 0) is 0 Å². The fourth-order valence-corrected chi connectivity index (χ4v) is 2.26. The van der Waals surface area contributed by atoms with E-state index < -0.39 is 0 Å². The van der Waals surface area contributed by atoms with Crippen molar-refractivity contribution in [1.29, 1.82) is 0 Å². The van der Waals surface area contributed by atoms with Gasteiger partial charge in [0.25, 0.3) is 0 Å². The van der Waals surface area contributed by atoms with Gasteiger partial charge in [0, 0.05) is 17.8 Å². The normalized spacial score (nSPS) is 14.0. The van der Waals surface area contributed by atoms with Crippen LogP contribution in [0.1, 0.15) is 37.3 Å². The van der Waals surface area contributed by atoms with Crippen LogP contribution in [-0.4, -0.2) is 25.0 Å². The molecule has 0 aliphatic heterocycles. The van der Waals surface area contributed by atoms with Crippen LogP contribution in [0, 0.1) is 0 Å². The van der Waals surface area contributed by atoms with Crippen LogP contribution in [0.2, 0.25) is 0 Å². The van der Waals surface area contributed by atoms with E-state index in [-0.39, 0.29) is 12.1 Å². The van der Waals surface area contributed by atoms with Crippen LogP contribution in [0.15, 0.2) is 49.1 Å². The smallest absolute Gasteiger partial charge is 0.141 e. The second kappa shape index (κ2) is 5.88. The summed E-state index contributed by atoms with van der Waals surface area (Å²) in [7, 11) is 0. The second-order valence-corrected chi connectivity index (χ2v) is 5.03. The highest BCUT2D eigenvalue weighted by Gasteiger charge is 2.14. The third-order valence-corrected chi connectivity index (χ3v) is 3.47. The van der Waals surface area contributed by atoms with Crippen LogP contribution in [0.5, 0.6) is 0 Å². The van der Waals surface area contributed by atoms with Gasteiger partial charge in [-0.25, -0.2) is 9.67 Å². The molecule has 0 bridgehead atoms. The average Bonchev–Trinajstić information content (AvgIpc) is 3.20. The summed E-state index contributed by atoms with van der Waals surface area (Å²) >= 11 is 0. The SMILES string of the molecule is CC(NC(C)c1ncn[nH]1)c1cnn(-c2ccccc2)c1. The summed E-state index contributed by atoms with van der Waals surface area (Å²) in [6.45, 7) is 4.16. The maximum Gasteiger partial charge on any atom is 0.141 e. The fourth-order valence-electron chi connectivity index (χ4n) is 2.26. The molecule has 2 heterocycles. The second-order valence-electron chi connectivity index (χ2n) is 5.03. The van der Waals surface area contributed by atoms with Gasteiger partial charge in [0.15, 0.2) is 0 Å². The molecule has 2 unspecified atom stereocenters. The standard InChI is InChI=1S/C15H18N6/c1-11(19-12(2)15-16-10-17-20-15)13-8-18-21(9-13)14-6-4-3-5-7-14/h3-12,19H,1-2H3,(H,16,17,20). The predicted molar refractivity (Wildman–Crippen MR) is 79.9 cm³/mol. The minimum atomic E-state index is 0.0996. The van der Waals surface area contributed by atoms with Gasteiger partial charge in [-0.1, -0.05) is 18.2 Å². The maximum atomic E-state index is 4.42. The van der Waals surface area contributed by atoms with Gasteiger partial charge in [0.2, 0.25) is 0 Å². The van der Waals surface area contributed by atoms with Crippen molar-refractivity contribution < 1.29 is 0 Å². The molecule has 2 atom stereocenters. The van der Waals surface area contributed by atoms with E-state index in [0.717, 1.165) is 17.1 Å². The fraction of sp³-hybridized carbons (Fsp3) is 0.267. The van der Waals surface area contributed by atoms with Crippen molar-refractivity contribution in [3.8, 4) is 5.69 Å². The topological polar surface area (TPSA) is 71.4 Å². The van der Waals surface area contributed by atoms with E-state index in [0.29, 0.717) is 0 Å². The molecule has 6 nitrogen and oxygen atoms in total. The lowest BCUT2D eigenvalue weighted by atomic mass is 10.1. The molecule has 0 spiro atoms. The number of para-hydroxylation sites is 1. The lowest BCUT2D eigenvalue weighted by Crippen LogP contribution is -2.23. The first-order valence-electron chi connectivity index (χ1n) is 6.95. The predicted octanol–water partition coefficient (Wildman–Crippen LogP) is 2.40. The van der Waals surface area contributed by atoms with Crippen molar-refractivity contribution in [2.24, 2.45) is 0 Å². The van der Waals surface area contributed by atoms with Crippen molar-refractivity contribution in [2.45, 2.75) is 25.9 Å². The Morgan fingerprint density at radius 3 is 2.67 bits per heavy atom. The van der Waals surface area contributed by atoms with Gasteiger partial charge in [-0.3, -0.25) is 5.10 Å². The zero-order valence-corrected chi connectivity index (χ0v) is 12.1. The first-order chi connectivity index (χ1) is 10.2. The number of hydrogen-bond donors (Lipinski definition) is 2. The average molecular weight is 282 g/mol. The zero-order chi connectivity index (χ0) is 14.7. The van der Waals surface area contributed by atoms with Crippen LogP contribution >= 0.6 is 0 Å². The molecular formula is C15H18N6. The van der Waals surface area contributed by atoms with Gasteiger partial charge in [-0.15, -0.1) is 0 Å². The van der Waals surface area contributed by atoms with Crippen LogP contribution in [0.25, 0.3) is 5.69 Å². The molecule has 21 heavy (non-hydrogen) atoms. The summed E-state index contributed by atoms with van der Waals surface area (Å²) in [6.07, 6.45) is 5.45. The summed E-state index contributed by atoms with van der Waals surface area (Å²) in [5, 5.41) is 14.6. The molecule has 0 aliphatic rings. The Labute approximate surface area is 123 Å². The Bertz CT molecular complexity index is 673. The van der Waals surface area contributed by atoms with E-state index in [9.17, 15) is 0 Å². The molecule has 0 saturated heterocycles. The number of benzene rings is 1. The first-order valence-corrected chi connectivity index (χ1v) is 6.95. The van der Waals surface area contributed by atoms with E-state index in [4.69, 9.17) is 0 Å². The van der Waals surface area contributed by atoms with Crippen molar-refractivity contribution in [3.05, 3.63) is 60.4 Å². The van der Waals surface area contributed by atoms with Gasteiger partial charge in [0.1, 0.15) is 12.2 Å². The highest BCUT2D eigenvalue weighted by atomic mass is 15.3. The molecule has 3 aromatic rings. The Morgan fingerprint density at radius 1 is 1.14 bits per heavy atom. The molecule has 0 amide bonds. The van der Waals surface area contributed by atoms with Gasteiger partial charge in [-0.2, -0.15) is 10.2 Å². The summed E-state index contributed by atoms with van der Waals surface area (Å²) in [5.41, 5.74) is 2.18. The number of hydrogen-bond acceptors (Lipinski definition) is 4. The van der Waals surface area contributed by atoms with Crippen molar-refractivity contribution in [1.82, 2.24) is 30.3 Å². The highest BCUT2D eigenvalue weighted by molar-refractivity contribution is 5.31.